The number of carbonyl (C=O) groups is 1. The lowest BCUT2D eigenvalue weighted by Gasteiger charge is -2.15. The number of nitrogens with one attached hydrogen (secondary N) is 1. The molecule has 0 unspecified atom stereocenters. The summed E-state index contributed by atoms with van der Waals surface area (Å²) in [4.78, 5) is 30.1. The van der Waals surface area contributed by atoms with Crippen LogP contribution in [0.1, 0.15) is 51.7 Å². The predicted molar refractivity (Wildman–Crippen MR) is 137 cm³/mol. The summed E-state index contributed by atoms with van der Waals surface area (Å²) in [6, 6.07) is 21.9. The molecule has 0 fully saturated rings. The highest BCUT2D eigenvalue weighted by molar-refractivity contribution is 5.94. The highest BCUT2D eigenvalue weighted by Gasteiger charge is 2.13. The molecule has 4 rings (SSSR count). The monoisotopic (exact) mass is 453 g/mol. The number of hydrogen-bond donors (Lipinski definition) is 1. The molecule has 0 aliphatic carbocycles. The minimum atomic E-state index is -0.0928. The topological polar surface area (TPSA) is 64.0 Å². The van der Waals surface area contributed by atoms with Gasteiger partial charge in [0, 0.05) is 11.6 Å². The van der Waals surface area contributed by atoms with E-state index in [4.69, 9.17) is 0 Å². The molecule has 4 aromatic rings. The number of carbonyl (C=O) groups excluding carboxylic acids is 1. The van der Waals surface area contributed by atoms with E-state index in [1.54, 1.807) is 11.5 Å². The lowest BCUT2D eigenvalue weighted by Crippen LogP contribution is -2.32. The smallest absolute Gasteiger partial charge is 0.272 e. The van der Waals surface area contributed by atoms with Gasteiger partial charge in [0.1, 0.15) is 5.69 Å². The van der Waals surface area contributed by atoms with Crippen LogP contribution in [0.5, 0.6) is 0 Å². The molecule has 34 heavy (non-hydrogen) atoms. The third-order valence-electron chi connectivity index (χ3n) is 6.37. The Balaban J connectivity index is 1.46. The number of aromatic nitrogens is 2. The molecule has 0 aliphatic rings. The minimum Gasteiger partial charge on any atom is -0.350 e. The number of amides is 1. The average molecular weight is 454 g/mol. The summed E-state index contributed by atoms with van der Waals surface area (Å²) < 4.78 is 1.77. The van der Waals surface area contributed by atoms with E-state index in [0.29, 0.717) is 17.8 Å². The molecule has 0 saturated carbocycles. The first kappa shape index (κ1) is 23.4. The van der Waals surface area contributed by atoms with Crippen LogP contribution < -0.4 is 10.9 Å². The van der Waals surface area contributed by atoms with Gasteiger partial charge in [-0.05, 0) is 87.1 Å². The second-order valence-corrected chi connectivity index (χ2v) is 9.11. The van der Waals surface area contributed by atoms with Gasteiger partial charge in [-0.3, -0.25) is 9.59 Å². The van der Waals surface area contributed by atoms with E-state index in [1.807, 2.05) is 75.4 Å². The number of rotatable bonds is 7. The molecule has 0 saturated heterocycles. The molecule has 1 heterocycles. The van der Waals surface area contributed by atoms with E-state index in [-0.39, 0.29) is 17.5 Å². The maximum absolute atomic E-state index is 12.9. The summed E-state index contributed by atoms with van der Waals surface area (Å²) in [6.07, 6.45) is 1.80. The fraction of sp³-hybridized carbons (Fsp3) is 0.276. The van der Waals surface area contributed by atoms with Gasteiger partial charge in [0.05, 0.1) is 17.6 Å². The molecule has 1 aromatic heterocycles. The SMILES string of the molecule is Cc1cc2nc(C)c(=O)n(Cc3ccc(C(=O)N[C@H](C)CCc4ccccc4)cc3)c2cc1C. The lowest BCUT2D eigenvalue weighted by atomic mass is 10.1. The molecule has 3 aromatic carbocycles. The van der Waals surface area contributed by atoms with Crippen LogP contribution in [0.3, 0.4) is 0 Å². The highest BCUT2D eigenvalue weighted by atomic mass is 16.1. The van der Waals surface area contributed by atoms with Crippen molar-refractivity contribution in [3.63, 3.8) is 0 Å². The minimum absolute atomic E-state index is 0.0730. The van der Waals surface area contributed by atoms with E-state index in [0.717, 1.165) is 40.6 Å². The van der Waals surface area contributed by atoms with Gasteiger partial charge in [-0.2, -0.15) is 0 Å². The third kappa shape index (κ3) is 5.25. The van der Waals surface area contributed by atoms with Crippen molar-refractivity contribution in [1.29, 1.82) is 0 Å². The standard InChI is InChI=1S/C29H31N3O2/c1-19-16-26-27(17-20(19)2)32(29(34)22(4)31-26)18-24-12-14-25(15-13-24)28(33)30-21(3)10-11-23-8-6-5-7-9-23/h5-9,12-17,21H,10-11,18H2,1-4H3,(H,30,33)/t21-/m1/s1. The molecule has 1 N–H and O–H groups in total. The fourth-order valence-corrected chi connectivity index (χ4v) is 4.13. The molecule has 0 radical (unpaired) electrons. The number of benzene rings is 3. The maximum atomic E-state index is 12.9. The average Bonchev–Trinajstić information content (AvgIpc) is 2.83. The van der Waals surface area contributed by atoms with E-state index in [9.17, 15) is 9.59 Å². The van der Waals surface area contributed by atoms with Crippen molar-refractivity contribution in [2.45, 2.75) is 53.1 Å². The molecular weight excluding hydrogens is 422 g/mol. The molecule has 5 heteroatoms. The third-order valence-corrected chi connectivity index (χ3v) is 6.37. The van der Waals surface area contributed by atoms with Crippen molar-refractivity contribution in [2.75, 3.05) is 0 Å². The van der Waals surface area contributed by atoms with Gasteiger partial charge in [-0.25, -0.2) is 4.98 Å². The van der Waals surface area contributed by atoms with Gasteiger partial charge in [0.15, 0.2) is 0 Å². The Morgan fingerprint density at radius 3 is 2.32 bits per heavy atom. The van der Waals surface area contributed by atoms with E-state index in [2.05, 4.69) is 22.4 Å². The Morgan fingerprint density at radius 2 is 1.62 bits per heavy atom. The zero-order valence-electron chi connectivity index (χ0n) is 20.3. The first-order valence-electron chi connectivity index (χ1n) is 11.7. The van der Waals surface area contributed by atoms with Crippen molar-refractivity contribution >= 4 is 16.9 Å². The molecule has 1 atom stereocenters. The number of hydrogen-bond acceptors (Lipinski definition) is 3. The Morgan fingerprint density at radius 1 is 0.941 bits per heavy atom. The fourth-order valence-electron chi connectivity index (χ4n) is 4.13. The zero-order chi connectivity index (χ0) is 24.2. The summed E-state index contributed by atoms with van der Waals surface area (Å²) in [5.41, 5.74) is 7.16. The summed E-state index contributed by atoms with van der Waals surface area (Å²) in [6.45, 7) is 8.30. The highest BCUT2D eigenvalue weighted by Crippen LogP contribution is 2.18. The van der Waals surface area contributed by atoms with Crippen molar-refractivity contribution in [2.24, 2.45) is 0 Å². The Hall–Kier alpha value is -3.73. The largest absolute Gasteiger partial charge is 0.350 e. The number of nitrogens with zero attached hydrogens (tertiary/aromatic N) is 2. The number of aryl methyl sites for hydroxylation is 4. The van der Waals surface area contributed by atoms with Crippen molar-refractivity contribution < 1.29 is 4.79 Å². The summed E-state index contributed by atoms with van der Waals surface area (Å²) >= 11 is 0. The van der Waals surface area contributed by atoms with Crippen LogP contribution in [0.25, 0.3) is 11.0 Å². The molecule has 174 valence electrons. The van der Waals surface area contributed by atoms with Crippen LogP contribution in [-0.4, -0.2) is 21.5 Å². The Kier molecular flexibility index (Phi) is 6.92. The lowest BCUT2D eigenvalue weighted by molar-refractivity contribution is 0.0938. The second kappa shape index (κ2) is 10.0. The van der Waals surface area contributed by atoms with E-state index < -0.39 is 0 Å². The van der Waals surface area contributed by atoms with Gasteiger partial charge in [0.2, 0.25) is 0 Å². The zero-order valence-corrected chi connectivity index (χ0v) is 20.3. The normalized spacial score (nSPS) is 12.0. The summed E-state index contributed by atoms with van der Waals surface area (Å²) in [7, 11) is 0. The number of fused-ring (bicyclic) bond motifs is 1. The van der Waals surface area contributed by atoms with Crippen LogP contribution in [-0.2, 0) is 13.0 Å². The van der Waals surface area contributed by atoms with Gasteiger partial charge < -0.3 is 9.88 Å². The van der Waals surface area contributed by atoms with Gasteiger partial charge in [-0.15, -0.1) is 0 Å². The van der Waals surface area contributed by atoms with Gasteiger partial charge in [-0.1, -0.05) is 42.5 Å². The van der Waals surface area contributed by atoms with Crippen LogP contribution in [0.4, 0.5) is 0 Å². The Bertz CT molecular complexity index is 1370. The molecule has 0 bridgehead atoms. The quantitative estimate of drug-likeness (QED) is 0.422. The van der Waals surface area contributed by atoms with Gasteiger partial charge >= 0.3 is 0 Å². The first-order chi connectivity index (χ1) is 16.3. The van der Waals surface area contributed by atoms with E-state index >= 15 is 0 Å². The first-order valence-corrected chi connectivity index (χ1v) is 11.7. The second-order valence-electron chi connectivity index (χ2n) is 9.11. The molecule has 0 spiro atoms. The maximum Gasteiger partial charge on any atom is 0.272 e. The molecular formula is C29H31N3O2. The van der Waals surface area contributed by atoms with Crippen molar-refractivity contribution in [1.82, 2.24) is 14.9 Å². The molecule has 0 aliphatic heterocycles. The van der Waals surface area contributed by atoms with E-state index in [1.165, 1.54) is 5.56 Å². The van der Waals surface area contributed by atoms with Crippen LogP contribution in [0.15, 0.2) is 71.5 Å². The summed E-state index contributed by atoms with van der Waals surface area (Å²) in [5, 5.41) is 3.09. The Labute approximate surface area is 200 Å². The molecule has 1 amide bonds. The van der Waals surface area contributed by atoms with Crippen LogP contribution in [0.2, 0.25) is 0 Å². The van der Waals surface area contributed by atoms with Crippen molar-refractivity contribution in [3.05, 3.63) is 111 Å². The van der Waals surface area contributed by atoms with Gasteiger partial charge in [0.25, 0.3) is 11.5 Å². The predicted octanol–water partition coefficient (Wildman–Crippen LogP) is 5.12. The van der Waals surface area contributed by atoms with Crippen LogP contribution >= 0.6 is 0 Å². The molecule has 5 nitrogen and oxygen atoms in total. The summed E-state index contributed by atoms with van der Waals surface area (Å²) in [5.74, 6) is -0.0828. The van der Waals surface area contributed by atoms with Crippen LogP contribution in [0, 0.1) is 20.8 Å². The van der Waals surface area contributed by atoms with Crippen molar-refractivity contribution in [3.8, 4) is 0 Å².